The van der Waals surface area contributed by atoms with Crippen LogP contribution < -0.4 is 4.74 Å². The molecule has 2 rings (SSSR count). The van der Waals surface area contributed by atoms with Crippen LogP contribution in [0.5, 0.6) is 5.88 Å². The summed E-state index contributed by atoms with van der Waals surface area (Å²) in [4.78, 5) is 29.5. The van der Waals surface area contributed by atoms with E-state index in [0.717, 1.165) is 0 Å². The largest absolute Gasteiger partial charge is 0.480 e. The van der Waals surface area contributed by atoms with Crippen molar-refractivity contribution in [3.63, 3.8) is 0 Å². The van der Waals surface area contributed by atoms with E-state index in [1.54, 1.807) is 23.2 Å². The van der Waals surface area contributed by atoms with Crippen molar-refractivity contribution in [2.75, 3.05) is 33.9 Å². The number of ether oxygens (including phenoxy) is 3. The molecule has 21 heavy (non-hydrogen) atoms. The molecule has 7 heteroatoms. The molecular weight excluding hydrogens is 276 g/mol. The first kappa shape index (κ1) is 15.2. The normalized spacial score (nSPS) is 18.2. The number of aromatic nitrogens is 1. The van der Waals surface area contributed by atoms with Crippen molar-refractivity contribution in [1.82, 2.24) is 9.88 Å². The van der Waals surface area contributed by atoms with Crippen LogP contribution in [0.1, 0.15) is 16.8 Å². The van der Waals surface area contributed by atoms with Crippen molar-refractivity contribution in [2.24, 2.45) is 0 Å². The van der Waals surface area contributed by atoms with Crippen LogP contribution in [0.15, 0.2) is 18.3 Å². The Hall–Kier alpha value is -2.15. The quantitative estimate of drug-likeness (QED) is 0.752. The molecule has 1 saturated heterocycles. The first-order chi connectivity index (χ1) is 10.2. The Bertz CT molecular complexity index is 520. The highest BCUT2D eigenvalue weighted by atomic mass is 16.5. The van der Waals surface area contributed by atoms with Crippen molar-refractivity contribution in [1.29, 1.82) is 0 Å². The zero-order valence-electron chi connectivity index (χ0n) is 12.1. The fourth-order valence-electron chi connectivity index (χ4n) is 2.18. The Kier molecular flexibility index (Phi) is 5.10. The molecule has 1 fully saturated rings. The van der Waals surface area contributed by atoms with E-state index >= 15 is 0 Å². The average molecular weight is 294 g/mol. The number of hydrogen-bond acceptors (Lipinski definition) is 6. The van der Waals surface area contributed by atoms with E-state index in [0.29, 0.717) is 31.1 Å². The second-order valence-electron chi connectivity index (χ2n) is 4.58. The molecule has 1 amide bonds. The van der Waals surface area contributed by atoms with Crippen LogP contribution in [0.2, 0.25) is 0 Å². The van der Waals surface area contributed by atoms with Crippen LogP contribution in [0.3, 0.4) is 0 Å². The molecule has 0 radical (unpaired) electrons. The predicted molar refractivity (Wildman–Crippen MR) is 73.1 cm³/mol. The van der Waals surface area contributed by atoms with E-state index in [1.165, 1.54) is 14.2 Å². The second kappa shape index (κ2) is 7.03. The molecule has 0 aromatic carbocycles. The van der Waals surface area contributed by atoms with Gasteiger partial charge in [0.25, 0.3) is 5.91 Å². The van der Waals surface area contributed by atoms with Crippen LogP contribution >= 0.6 is 0 Å². The summed E-state index contributed by atoms with van der Waals surface area (Å²) in [6, 6.07) is 3.35. The minimum absolute atomic E-state index is 0.129. The molecule has 114 valence electrons. The van der Waals surface area contributed by atoms with Crippen molar-refractivity contribution in [3.8, 4) is 5.88 Å². The maximum atomic E-state index is 12.5. The third-order valence-corrected chi connectivity index (χ3v) is 3.24. The number of amides is 1. The molecule has 1 atom stereocenters. The van der Waals surface area contributed by atoms with E-state index in [2.05, 4.69) is 9.72 Å². The number of pyridine rings is 1. The SMILES string of the molecule is COC(=O)CC1CN(C(=O)c2cccnc2OC)CCO1. The Morgan fingerprint density at radius 2 is 2.29 bits per heavy atom. The lowest BCUT2D eigenvalue weighted by molar-refractivity contribution is -0.145. The van der Waals surface area contributed by atoms with Crippen molar-refractivity contribution >= 4 is 11.9 Å². The average Bonchev–Trinajstić information content (AvgIpc) is 2.54. The monoisotopic (exact) mass is 294 g/mol. The Balaban J connectivity index is 2.06. The van der Waals surface area contributed by atoms with Gasteiger partial charge in [-0.3, -0.25) is 9.59 Å². The molecule has 0 N–H and O–H groups in total. The number of nitrogens with zero attached hydrogens (tertiary/aromatic N) is 2. The lowest BCUT2D eigenvalue weighted by Crippen LogP contribution is -2.46. The Morgan fingerprint density at radius 3 is 3.00 bits per heavy atom. The predicted octanol–water partition coefficient (Wildman–Crippen LogP) is 0.494. The maximum Gasteiger partial charge on any atom is 0.308 e. The second-order valence-corrected chi connectivity index (χ2v) is 4.58. The summed E-state index contributed by atoms with van der Waals surface area (Å²) < 4.78 is 15.2. The lowest BCUT2D eigenvalue weighted by atomic mass is 10.1. The fourth-order valence-corrected chi connectivity index (χ4v) is 2.18. The third kappa shape index (κ3) is 3.69. The zero-order chi connectivity index (χ0) is 15.2. The van der Waals surface area contributed by atoms with E-state index in [-0.39, 0.29) is 24.4 Å². The van der Waals surface area contributed by atoms with Gasteiger partial charge in [-0.05, 0) is 12.1 Å². The van der Waals surface area contributed by atoms with Crippen molar-refractivity contribution in [2.45, 2.75) is 12.5 Å². The van der Waals surface area contributed by atoms with Gasteiger partial charge >= 0.3 is 5.97 Å². The summed E-state index contributed by atoms with van der Waals surface area (Å²) >= 11 is 0. The van der Waals surface area contributed by atoms with Gasteiger partial charge in [0.1, 0.15) is 5.56 Å². The molecule has 0 aliphatic carbocycles. The smallest absolute Gasteiger partial charge is 0.308 e. The zero-order valence-corrected chi connectivity index (χ0v) is 12.1. The molecule has 0 spiro atoms. The van der Waals surface area contributed by atoms with Gasteiger partial charge in [0.2, 0.25) is 5.88 Å². The number of morpholine rings is 1. The maximum absolute atomic E-state index is 12.5. The van der Waals surface area contributed by atoms with Crippen LogP contribution in [-0.2, 0) is 14.3 Å². The lowest BCUT2D eigenvalue weighted by Gasteiger charge is -2.32. The van der Waals surface area contributed by atoms with Gasteiger partial charge in [-0.1, -0.05) is 0 Å². The van der Waals surface area contributed by atoms with E-state index in [4.69, 9.17) is 9.47 Å². The third-order valence-electron chi connectivity index (χ3n) is 3.24. The van der Waals surface area contributed by atoms with E-state index in [1.807, 2.05) is 0 Å². The van der Waals surface area contributed by atoms with Gasteiger partial charge in [0.15, 0.2) is 0 Å². The summed E-state index contributed by atoms with van der Waals surface area (Å²) in [6.07, 6.45) is 1.34. The van der Waals surface area contributed by atoms with Gasteiger partial charge in [-0.15, -0.1) is 0 Å². The molecule has 0 bridgehead atoms. The number of carbonyl (C=O) groups is 2. The molecule has 1 aliphatic heterocycles. The number of methoxy groups -OCH3 is 2. The van der Waals surface area contributed by atoms with Gasteiger partial charge < -0.3 is 19.1 Å². The van der Waals surface area contributed by atoms with Crippen LogP contribution in [-0.4, -0.2) is 61.8 Å². The topological polar surface area (TPSA) is 78.0 Å². The molecule has 1 aromatic heterocycles. The molecule has 2 heterocycles. The Labute approximate surface area is 122 Å². The molecule has 0 saturated carbocycles. The summed E-state index contributed by atoms with van der Waals surface area (Å²) in [6.45, 7) is 1.19. The summed E-state index contributed by atoms with van der Waals surface area (Å²) in [5.41, 5.74) is 0.402. The first-order valence-corrected chi connectivity index (χ1v) is 6.62. The summed E-state index contributed by atoms with van der Waals surface area (Å²) in [7, 11) is 2.80. The van der Waals surface area contributed by atoms with Gasteiger partial charge in [-0.25, -0.2) is 4.98 Å². The van der Waals surface area contributed by atoms with E-state index in [9.17, 15) is 9.59 Å². The minimum Gasteiger partial charge on any atom is -0.480 e. The van der Waals surface area contributed by atoms with Gasteiger partial charge in [0.05, 0.1) is 33.4 Å². The Morgan fingerprint density at radius 1 is 1.48 bits per heavy atom. The number of carbonyl (C=O) groups excluding carboxylic acids is 2. The fraction of sp³-hybridized carbons (Fsp3) is 0.500. The minimum atomic E-state index is -0.353. The van der Waals surface area contributed by atoms with Crippen LogP contribution in [0.25, 0.3) is 0 Å². The molecule has 1 unspecified atom stereocenters. The molecule has 7 nitrogen and oxygen atoms in total. The summed E-state index contributed by atoms with van der Waals surface area (Å²) in [5, 5.41) is 0. The van der Waals surface area contributed by atoms with E-state index < -0.39 is 0 Å². The van der Waals surface area contributed by atoms with Crippen LogP contribution in [0.4, 0.5) is 0 Å². The molecule has 1 aliphatic rings. The number of hydrogen-bond donors (Lipinski definition) is 0. The van der Waals surface area contributed by atoms with Gasteiger partial charge in [0, 0.05) is 19.3 Å². The van der Waals surface area contributed by atoms with Crippen LogP contribution in [0, 0.1) is 0 Å². The highest BCUT2D eigenvalue weighted by Crippen LogP contribution is 2.18. The molecule has 1 aromatic rings. The number of rotatable bonds is 4. The number of esters is 1. The summed E-state index contributed by atoms with van der Waals surface area (Å²) in [5.74, 6) is -0.245. The molecular formula is C14H18N2O5. The van der Waals surface area contributed by atoms with Crippen molar-refractivity contribution < 1.29 is 23.8 Å². The first-order valence-electron chi connectivity index (χ1n) is 6.62. The highest BCUT2D eigenvalue weighted by Gasteiger charge is 2.28. The van der Waals surface area contributed by atoms with Crippen molar-refractivity contribution in [3.05, 3.63) is 23.9 Å². The highest BCUT2D eigenvalue weighted by molar-refractivity contribution is 5.96. The standard InChI is InChI=1S/C14H18N2O5/c1-19-12(17)8-10-9-16(6-7-21-10)14(18)11-4-3-5-15-13(11)20-2/h3-5,10H,6-9H2,1-2H3. The van der Waals surface area contributed by atoms with Gasteiger partial charge in [-0.2, -0.15) is 0 Å².